The van der Waals surface area contributed by atoms with Gasteiger partial charge in [-0.15, -0.1) is 0 Å². The smallest absolute Gasteiger partial charge is 0.354 e. The second-order valence-corrected chi connectivity index (χ2v) is 6.26. The van der Waals surface area contributed by atoms with Crippen LogP contribution >= 0.6 is 11.6 Å². The van der Waals surface area contributed by atoms with Crippen LogP contribution in [-0.2, 0) is 22.2 Å². The quantitative estimate of drug-likeness (QED) is 0.797. The molecule has 0 bridgehead atoms. The molecule has 0 saturated heterocycles. The number of rotatable bonds is 6. The van der Waals surface area contributed by atoms with Crippen LogP contribution in [0.3, 0.4) is 0 Å². The molecule has 8 heteroatoms. The summed E-state index contributed by atoms with van der Waals surface area (Å²) in [6, 6.07) is 12.1. The summed E-state index contributed by atoms with van der Waals surface area (Å²) < 4.78 is 38.8. The average Bonchev–Trinajstić information content (AvgIpc) is 2.60. The minimum Gasteiger partial charge on any atom is -0.354 e. The molecule has 0 saturated carbocycles. The standard InChI is InChI=1S/C19H18ClF3N2O2/c1-13(26)25(17-11-15(19(21,22)23)7-8-16(17)20)12-18(27)24-10-9-14-5-3-2-4-6-14/h2-8,11H,9-10,12H2,1H3,(H,24,27). The Hall–Kier alpha value is -2.54. The lowest BCUT2D eigenvalue weighted by molar-refractivity contribution is -0.137. The first-order chi connectivity index (χ1) is 12.7. The predicted octanol–water partition coefficient (Wildman–Crippen LogP) is 4.07. The Kier molecular flexibility index (Phi) is 6.85. The summed E-state index contributed by atoms with van der Waals surface area (Å²) >= 11 is 5.96. The van der Waals surface area contributed by atoms with Crippen LogP contribution in [-0.4, -0.2) is 24.9 Å². The molecule has 2 amide bonds. The second-order valence-electron chi connectivity index (χ2n) is 5.85. The fraction of sp³-hybridized carbons (Fsp3) is 0.263. The largest absolute Gasteiger partial charge is 0.416 e. The highest BCUT2D eigenvalue weighted by Crippen LogP contribution is 2.35. The van der Waals surface area contributed by atoms with Crippen LogP contribution in [0.4, 0.5) is 18.9 Å². The molecule has 0 fully saturated rings. The van der Waals surface area contributed by atoms with Gasteiger partial charge in [0, 0.05) is 13.5 Å². The average molecular weight is 399 g/mol. The third-order valence-electron chi connectivity index (χ3n) is 3.82. The van der Waals surface area contributed by atoms with Crippen molar-refractivity contribution < 1.29 is 22.8 Å². The summed E-state index contributed by atoms with van der Waals surface area (Å²) in [5.41, 5.74) is -0.0722. The zero-order valence-electron chi connectivity index (χ0n) is 14.5. The number of nitrogens with zero attached hydrogens (tertiary/aromatic N) is 1. The number of hydrogen-bond acceptors (Lipinski definition) is 2. The highest BCUT2D eigenvalue weighted by molar-refractivity contribution is 6.34. The number of nitrogens with one attached hydrogen (secondary N) is 1. The van der Waals surface area contributed by atoms with Crippen molar-refractivity contribution in [3.63, 3.8) is 0 Å². The molecule has 0 aromatic heterocycles. The van der Waals surface area contributed by atoms with Gasteiger partial charge in [0.25, 0.3) is 0 Å². The highest BCUT2D eigenvalue weighted by atomic mass is 35.5. The van der Waals surface area contributed by atoms with Crippen LogP contribution in [0.25, 0.3) is 0 Å². The molecule has 2 aromatic carbocycles. The summed E-state index contributed by atoms with van der Waals surface area (Å²) in [6.45, 7) is 1.07. The van der Waals surface area contributed by atoms with Gasteiger partial charge in [-0.05, 0) is 30.2 Å². The Balaban J connectivity index is 2.07. The van der Waals surface area contributed by atoms with Gasteiger partial charge in [-0.25, -0.2) is 0 Å². The lowest BCUT2D eigenvalue weighted by Gasteiger charge is -2.23. The van der Waals surface area contributed by atoms with Crippen molar-refractivity contribution in [2.75, 3.05) is 18.0 Å². The minimum absolute atomic E-state index is 0.0460. The molecule has 4 nitrogen and oxygen atoms in total. The van der Waals surface area contributed by atoms with E-state index in [2.05, 4.69) is 5.32 Å². The van der Waals surface area contributed by atoms with E-state index in [9.17, 15) is 22.8 Å². The topological polar surface area (TPSA) is 49.4 Å². The minimum atomic E-state index is -4.58. The van der Waals surface area contributed by atoms with Crippen LogP contribution in [0, 0.1) is 0 Å². The van der Waals surface area contributed by atoms with Gasteiger partial charge < -0.3 is 10.2 Å². The van der Waals surface area contributed by atoms with Crippen molar-refractivity contribution in [2.24, 2.45) is 0 Å². The molecule has 0 radical (unpaired) electrons. The first-order valence-electron chi connectivity index (χ1n) is 8.14. The van der Waals surface area contributed by atoms with Gasteiger partial charge in [0.1, 0.15) is 6.54 Å². The molecule has 0 aliphatic rings. The Morgan fingerprint density at radius 1 is 1.11 bits per heavy atom. The van der Waals surface area contributed by atoms with Crippen molar-refractivity contribution in [3.8, 4) is 0 Å². The van der Waals surface area contributed by atoms with Gasteiger partial charge in [-0.3, -0.25) is 9.59 Å². The Morgan fingerprint density at radius 2 is 1.78 bits per heavy atom. The lowest BCUT2D eigenvalue weighted by atomic mass is 10.1. The van der Waals surface area contributed by atoms with E-state index < -0.39 is 30.1 Å². The van der Waals surface area contributed by atoms with Crippen molar-refractivity contribution in [3.05, 3.63) is 64.7 Å². The highest BCUT2D eigenvalue weighted by Gasteiger charge is 2.32. The van der Waals surface area contributed by atoms with E-state index in [0.717, 1.165) is 35.6 Å². The van der Waals surface area contributed by atoms with Crippen LogP contribution in [0.5, 0.6) is 0 Å². The zero-order valence-corrected chi connectivity index (χ0v) is 15.3. The number of benzene rings is 2. The molecule has 0 aliphatic heterocycles. The number of amides is 2. The van der Waals surface area contributed by atoms with E-state index in [0.29, 0.717) is 13.0 Å². The number of carbonyl (C=O) groups excluding carboxylic acids is 2. The van der Waals surface area contributed by atoms with E-state index in [1.165, 1.54) is 0 Å². The van der Waals surface area contributed by atoms with Crippen molar-refractivity contribution in [1.82, 2.24) is 5.32 Å². The van der Waals surface area contributed by atoms with Crippen LogP contribution < -0.4 is 10.2 Å². The van der Waals surface area contributed by atoms with E-state index in [1.54, 1.807) is 0 Å². The number of carbonyl (C=O) groups is 2. The first kappa shape index (κ1) is 20.8. The van der Waals surface area contributed by atoms with Gasteiger partial charge in [-0.1, -0.05) is 41.9 Å². The van der Waals surface area contributed by atoms with E-state index in [1.807, 2.05) is 30.3 Å². The van der Waals surface area contributed by atoms with E-state index in [-0.39, 0.29) is 10.7 Å². The molecule has 27 heavy (non-hydrogen) atoms. The number of alkyl halides is 3. The van der Waals surface area contributed by atoms with Crippen LogP contribution in [0.1, 0.15) is 18.1 Å². The molecule has 2 rings (SSSR count). The monoisotopic (exact) mass is 398 g/mol. The third kappa shape index (κ3) is 5.99. The second kappa shape index (κ2) is 8.90. The molecular weight excluding hydrogens is 381 g/mol. The van der Waals surface area contributed by atoms with E-state index in [4.69, 9.17) is 11.6 Å². The van der Waals surface area contributed by atoms with Crippen LogP contribution in [0.2, 0.25) is 5.02 Å². The summed E-state index contributed by atoms with van der Waals surface area (Å²) in [4.78, 5) is 25.0. The maximum absolute atomic E-state index is 12.9. The third-order valence-corrected chi connectivity index (χ3v) is 4.14. The van der Waals surface area contributed by atoms with Gasteiger partial charge in [-0.2, -0.15) is 13.2 Å². The molecule has 0 spiro atoms. The Labute approximate surface area is 159 Å². The van der Waals surface area contributed by atoms with Gasteiger partial charge in [0.15, 0.2) is 0 Å². The molecule has 2 aromatic rings. The lowest BCUT2D eigenvalue weighted by Crippen LogP contribution is -2.40. The molecule has 0 unspecified atom stereocenters. The molecule has 1 N–H and O–H groups in total. The number of anilines is 1. The van der Waals surface area contributed by atoms with Gasteiger partial charge in [0.05, 0.1) is 16.3 Å². The number of halogens is 4. The fourth-order valence-corrected chi connectivity index (χ4v) is 2.67. The fourth-order valence-electron chi connectivity index (χ4n) is 2.45. The Bertz CT molecular complexity index is 810. The summed E-state index contributed by atoms with van der Waals surface area (Å²) in [5, 5.41) is 2.61. The summed E-state index contributed by atoms with van der Waals surface area (Å²) in [6.07, 6.45) is -3.99. The maximum atomic E-state index is 12.9. The van der Waals surface area contributed by atoms with Crippen molar-refractivity contribution in [2.45, 2.75) is 19.5 Å². The molecule has 0 atom stereocenters. The summed E-state index contributed by atoms with van der Waals surface area (Å²) in [5.74, 6) is -1.08. The van der Waals surface area contributed by atoms with Crippen molar-refractivity contribution >= 4 is 29.1 Å². The van der Waals surface area contributed by atoms with Crippen LogP contribution in [0.15, 0.2) is 48.5 Å². The molecule has 0 heterocycles. The van der Waals surface area contributed by atoms with Crippen molar-refractivity contribution in [1.29, 1.82) is 0 Å². The van der Waals surface area contributed by atoms with E-state index >= 15 is 0 Å². The SMILES string of the molecule is CC(=O)N(CC(=O)NCCc1ccccc1)c1cc(C(F)(F)F)ccc1Cl. The molecule has 0 aliphatic carbocycles. The first-order valence-corrected chi connectivity index (χ1v) is 8.51. The Morgan fingerprint density at radius 3 is 2.37 bits per heavy atom. The number of hydrogen-bond donors (Lipinski definition) is 1. The molecular formula is C19H18ClF3N2O2. The maximum Gasteiger partial charge on any atom is 0.416 e. The van der Waals surface area contributed by atoms with Gasteiger partial charge in [0.2, 0.25) is 11.8 Å². The van der Waals surface area contributed by atoms with Gasteiger partial charge >= 0.3 is 6.18 Å². The normalized spacial score (nSPS) is 11.1. The molecule has 144 valence electrons. The zero-order chi connectivity index (χ0) is 20.0. The summed E-state index contributed by atoms with van der Waals surface area (Å²) in [7, 11) is 0. The predicted molar refractivity (Wildman–Crippen MR) is 97.6 cm³/mol.